The van der Waals surface area contributed by atoms with Crippen LogP contribution >= 0.6 is 15.9 Å². The van der Waals surface area contributed by atoms with E-state index in [-0.39, 0.29) is 18.1 Å². The SMILES string of the molecule is O=C(CNc1ccc(Br)cc1[N+](=O)[O-])NCCc1ccccc1. The first-order valence-corrected chi connectivity index (χ1v) is 7.84. The summed E-state index contributed by atoms with van der Waals surface area (Å²) in [6.07, 6.45) is 0.741. The Morgan fingerprint density at radius 2 is 1.91 bits per heavy atom. The molecule has 2 N–H and O–H groups in total. The van der Waals surface area contributed by atoms with Crippen molar-refractivity contribution in [1.82, 2.24) is 5.32 Å². The number of carbonyl (C=O) groups is 1. The van der Waals surface area contributed by atoms with Gasteiger partial charge >= 0.3 is 0 Å². The summed E-state index contributed by atoms with van der Waals surface area (Å²) in [4.78, 5) is 22.3. The molecule has 6 nitrogen and oxygen atoms in total. The minimum absolute atomic E-state index is 0.0166. The quantitative estimate of drug-likeness (QED) is 0.573. The molecule has 0 aliphatic rings. The third-order valence-electron chi connectivity index (χ3n) is 3.17. The van der Waals surface area contributed by atoms with Gasteiger partial charge in [-0.1, -0.05) is 46.3 Å². The summed E-state index contributed by atoms with van der Waals surface area (Å²) in [5.41, 5.74) is 1.39. The summed E-state index contributed by atoms with van der Waals surface area (Å²) in [5, 5.41) is 16.6. The molecule has 0 fully saturated rings. The Hall–Kier alpha value is -2.41. The number of rotatable bonds is 7. The highest BCUT2D eigenvalue weighted by Gasteiger charge is 2.14. The van der Waals surface area contributed by atoms with Crippen LogP contribution in [0, 0.1) is 10.1 Å². The van der Waals surface area contributed by atoms with E-state index < -0.39 is 4.92 Å². The van der Waals surface area contributed by atoms with Gasteiger partial charge in [-0.2, -0.15) is 0 Å². The van der Waals surface area contributed by atoms with E-state index >= 15 is 0 Å². The van der Waals surface area contributed by atoms with Crippen molar-refractivity contribution in [2.75, 3.05) is 18.4 Å². The van der Waals surface area contributed by atoms with Crippen molar-refractivity contribution in [2.45, 2.75) is 6.42 Å². The van der Waals surface area contributed by atoms with Gasteiger partial charge in [-0.25, -0.2) is 0 Å². The molecule has 0 radical (unpaired) electrons. The van der Waals surface area contributed by atoms with Gasteiger partial charge in [0.15, 0.2) is 0 Å². The second-order valence-electron chi connectivity index (χ2n) is 4.86. The second-order valence-corrected chi connectivity index (χ2v) is 5.77. The normalized spacial score (nSPS) is 10.1. The van der Waals surface area contributed by atoms with Crippen LogP contribution in [0.1, 0.15) is 5.56 Å². The topological polar surface area (TPSA) is 84.3 Å². The Kier molecular flexibility index (Phi) is 6.10. The lowest BCUT2D eigenvalue weighted by atomic mass is 10.1. The summed E-state index contributed by atoms with van der Waals surface area (Å²) in [6.45, 7) is 0.504. The van der Waals surface area contributed by atoms with Crippen LogP contribution in [0.5, 0.6) is 0 Å². The number of hydrogen-bond donors (Lipinski definition) is 2. The molecule has 120 valence electrons. The van der Waals surface area contributed by atoms with Gasteiger partial charge in [0.25, 0.3) is 5.69 Å². The van der Waals surface area contributed by atoms with Gasteiger partial charge in [0.05, 0.1) is 11.5 Å². The molecule has 1 amide bonds. The van der Waals surface area contributed by atoms with Gasteiger partial charge in [0.2, 0.25) is 5.91 Å². The van der Waals surface area contributed by atoms with E-state index in [1.165, 1.54) is 6.07 Å². The number of benzene rings is 2. The maximum atomic E-state index is 11.8. The summed E-state index contributed by atoms with van der Waals surface area (Å²) >= 11 is 3.19. The molecule has 0 aromatic heterocycles. The van der Waals surface area contributed by atoms with Crippen LogP contribution in [-0.2, 0) is 11.2 Å². The van der Waals surface area contributed by atoms with Crippen molar-refractivity contribution in [1.29, 1.82) is 0 Å². The van der Waals surface area contributed by atoms with Gasteiger partial charge in [0.1, 0.15) is 5.69 Å². The third kappa shape index (κ3) is 5.37. The lowest BCUT2D eigenvalue weighted by Crippen LogP contribution is -2.31. The largest absolute Gasteiger partial charge is 0.371 e. The van der Waals surface area contributed by atoms with Crippen molar-refractivity contribution >= 4 is 33.2 Å². The van der Waals surface area contributed by atoms with Crippen molar-refractivity contribution < 1.29 is 9.72 Å². The monoisotopic (exact) mass is 377 g/mol. The zero-order valence-electron chi connectivity index (χ0n) is 12.3. The Balaban J connectivity index is 1.81. The number of hydrogen-bond acceptors (Lipinski definition) is 4. The number of halogens is 1. The highest BCUT2D eigenvalue weighted by Crippen LogP contribution is 2.27. The molecule has 0 atom stereocenters. The van der Waals surface area contributed by atoms with Gasteiger partial charge in [-0.05, 0) is 24.1 Å². The van der Waals surface area contributed by atoms with Crippen molar-refractivity contribution in [3.05, 3.63) is 68.7 Å². The standard InChI is InChI=1S/C16H16BrN3O3/c17-13-6-7-14(15(10-13)20(22)23)19-11-16(21)18-9-8-12-4-2-1-3-5-12/h1-7,10,19H,8-9,11H2,(H,18,21). The molecule has 0 saturated heterocycles. The number of nitrogens with one attached hydrogen (secondary N) is 2. The number of nitro benzene ring substituents is 1. The van der Waals surface area contributed by atoms with Crippen LogP contribution in [0.15, 0.2) is 53.0 Å². The zero-order chi connectivity index (χ0) is 16.7. The van der Waals surface area contributed by atoms with Crippen LogP contribution in [0.2, 0.25) is 0 Å². The first-order valence-electron chi connectivity index (χ1n) is 7.04. The summed E-state index contributed by atoms with van der Waals surface area (Å²) in [7, 11) is 0. The van der Waals surface area contributed by atoms with E-state index in [0.29, 0.717) is 16.7 Å². The van der Waals surface area contributed by atoms with E-state index in [2.05, 4.69) is 26.6 Å². The molecular formula is C16H16BrN3O3. The number of anilines is 1. The van der Waals surface area contributed by atoms with Crippen molar-refractivity contribution in [2.24, 2.45) is 0 Å². The van der Waals surface area contributed by atoms with Gasteiger partial charge in [-0.15, -0.1) is 0 Å². The molecule has 0 aliphatic heterocycles. The van der Waals surface area contributed by atoms with Crippen LogP contribution in [0.3, 0.4) is 0 Å². The molecule has 0 spiro atoms. The molecule has 0 aliphatic carbocycles. The summed E-state index contributed by atoms with van der Waals surface area (Å²) < 4.78 is 0.613. The van der Waals surface area contributed by atoms with Gasteiger partial charge < -0.3 is 10.6 Å². The molecule has 0 saturated carbocycles. The average Bonchev–Trinajstić information content (AvgIpc) is 2.54. The van der Waals surface area contributed by atoms with E-state index in [1.54, 1.807) is 12.1 Å². The van der Waals surface area contributed by atoms with Crippen molar-refractivity contribution in [3.63, 3.8) is 0 Å². The molecule has 2 aromatic rings. The van der Waals surface area contributed by atoms with E-state index in [9.17, 15) is 14.9 Å². The molecule has 7 heteroatoms. The fourth-order valence-corrected chi connectivity index (χ4v) is 2.38. The molecule has 2 rings (SSSR count). The molecule has 0 unspecified atom stereocenters. The molecule has 0 heterocycles. The van der Waals surface area contributed by atoms with E-state index in [0.717, 1.165) is 12.0 Å². The first kappa shape index (κ1) is 17.0. The van der Waals surface area contributed by atoms with Crippen molar-refractivity contribution in [3.8, 4) is 0 Å². The lowest BCUT2D eigenvalue weighted by molar-refractivity contribution is -0.384. The second kappa shape index (κ2) is 8.28. The van der Waals surface area contributed by atoms with E-state index in [1.807, 2.05) is 30.3 Å². The van der Waals surface area contributed by atoms with E-state index in [4.69, 9.17) is 0 Å². The third-order valence-corrected chi connectivity index (χ3v) is 3.67. The van der Waals surface area contributed by atoms with Gasteiger partial charge in [-0.3, -0.25) is 14.9 Å². The maximum absolute atomic E-state index is 11.8. The summed E-state index contributed by atoms with van der Waals surface area (Å²) in [5.74, 6) is -0.210. The lowest BCUT2D eigenvalue weighted by Gasteiger charge is -2.08. The Bertz CT molecular complexity index is 692. The van der Waals surface area contributed by atoms with Gasteiger partial charge in [0, 0.05) is 17.1 Å². The smallest absolute Gasteiger partial charge is 0.293 e. The number of nitrogens with zero attached hydrogens (tertiary/aromatic N) is 1. The molecule has 0 bridgehead atoms. The predicted octanol–water partition coefficient (Wildman–Crippen LogP) is 3.13. The Morgan fingerprint density at radius 3 is 2.61 bits per heavy atom. The fraction of sp³-hybridized carbons (Fsp3) is 0.188. The number of nitro groups is 1. The Morgan fingerprint density at radius 1 is 1.17 bits per heavy atom. The minimum atomic E-state index is -0.486. The number of carbonyl (C=O) groups excluding carboxylic acids is 1. The van der Waals surface area contributed by atoms with Crippen LogP contribution in [-0.4, -0.2) is 23.9 Å². The first-order chi connectivity index (χ1) is 11.1. The molecular weight excluding hydrogens is 362 g/mol. The summed E-state index contributed by atoms with van der Waals surface area (Å²) in [6, 6.07) is 14.5. The van der Waals surface area contributed by atoms with Crippen LogP contribution in [0.25, 0.3) is 0 Å². The zero-order valence-corrected chi connectivity index (χ0v) is 13.9. The maximum Gasteiger partial charge on any atom is 0.293 e. The average molecular weight is 378 g/mol. The van der Waals surface area contributed by atoms with Crippen LogP contribution in [0.4, 0.5) is 11.4 Å². The molecule has 2 aromatic carbocycles. The Labute approximate surface area is 142 Å². The highest BCUT2D eigenvalue weighted by molar-refractivity contribution is 9.10. The number of amides is 1. The fourth-order valence-electron chi connectivity index (χ4n) is 2.03. The predicted molar refractivity (Wildman–Crippen MR) is 92.4 cm³/mol. The highest BCUT2D eigenvalue weighted by atomic mass is 79.9. The minimum Gasteiger partial charge on any atom is -0.371 e. The molecule has 23 heavy (non-hydrogen) atoms. The van der Waals surface area contributed by atoms with Crippen LogP contribution < -0.4 is 10.6 Å².